The number of Topliss-reactive ketones (excluding diaryl/α,β-unsaturated/α-hetero) is 1. The quantitative estimate of drug-likeness (QED) is 0.226. The number of ketones is 1. The first-order chi connectivity index (χ1) is 17.9. The zero-order chi connectivity index (χ0) is 26.5. The molecule has 4 rings (SSSR count). The molecule has 0 saturated carbocycles. The molecule has 3 aromatic carbocycles. The summed E-state index contributed by atoms with van der Waals surface area (Å²) in [6.07, 6.45) is 0. The van der Waals surface area contributed by atoms with Gasteiger partial charge in [-0.05, 0) is 69.7 Å². The molecule has 7 heteroatoms. The molecule has 1 saturated heterocycles. The highest BCUT2D eigenvalue weighted by Crippen LogP contribution is 2.44. The fraction of sp³-hybridized carbons (Fsp3) is 0.267. The minimum atomic E-state index is -0.834. The Labute approximate surface area is 216 Å². The van der Waals surface area contributed by atoms with Crippen molar-refractivity contribution in [3.05, 3.63) is 89.0 Å². The molecular weight excluding hydrogens is 470 g/mol. The molecule has 0 aliphatic carbocycles. The van der Waals surface area contributed by atoms with E-state index in [1.165, 1.54) is 4.90 Å². The molecule has 1 atom stereocenters. The molecule has 0 bridgehead atoms. The van der Waals surface area contributed by atoms with Crippen LogP contribution in [0.1, 0.15) is 43.5 Å². The molecule has 1 unspecified atom stereocenters. The van der Waals surface area contributed by atoms with Crippen LogP contribution in [-0.4, -0.2) is 36.6 Å². The number of anilines is 1. The molecule has 1 heterocycles. The Morgan fingerprint density at radius 1 is 0.838 bits per heavy atom. The van der Waals surface area contributed by atoms with Gasteiger partial charge < -0.3 is 19.3 Å². The number of rotatable bonds is 9. The Kier molecular flexibility index (Phi) is 7.82. The van der Waals surface area contributed by atoms with Gasteiger partial charge in [0.25, 0.3) is 11.7 Å². The zero-order valence-electron chi connectivity index (χ0n) is 21.5. The van der Waals surface area contributed by atoms with Crippen molar-refractivity contribution < 1.29 is 28.9 Å². The largest absolute Gasteiger partial charge is 0.507 e. The third-order valence-electron chi connectivity index (χ3n) is 6.05. The van der Waals surface area contributed by atoms with E-state index >= 15 is 0 Å². The number of carbonyl (C=O) groups is 2. The monoisotopic (exact) mass is 501 g/mol. The van der Waals surface area contributed by atoms with E-state index < -0.39 is 17.7 Å². The van der Waals surface area contributed by atoms with Gasteiger partial charge in [0.05, 0.1) is 37.0 Å². The Morgan fingerprint density at radius 2 is 1.49 bits per heavy atom. The summed E-state index contributed by atoms with van der Waals surface area (Å²) in [6, 6.07) is 18.7. The highest BCUT2D eigenvalue weighted by Gasteiger charge is 2.47. The van der Waals surface area contributed by atoms with Gasteiger partial charge in [-0.3, -0.25) is 14.5 Å². The molecule has 7 nitrogen and oxygen atoms in total. The Hall–Kier alpha value is -4.26. The van der Waals surface area contributed by atoms with E-state index in [1.54, 1.807) is 42.5 Å². The molecule has 1 N–H and O–H groups in total. The number of amides is 1. The topological polar surface area (TPSA) is 85.3 Å². The van der Waals surface area contributed by atoms with Crippen LogP contribution in [0.2, 0.25) is 0 Å². The summed E-state index contributed by atoms with van der Waals surface area (Å²) in [5, 5.41) is 11.6. The van der Waals surface area contributed by atoms with Crippen molar-refractivity contribution in [2.45, 2.75) is 33.7 Å². The van der Waals surface area contributed by atoms with Crippen molar-refractivity contribution in [3.63, 3.8) is 0 Å². The van der Waals surface area contributed by atoms with Gasteiger partial charge in [-0.1, -0.05) is 29.8 Å². The lowest BCUT2D eigenvalue weighted by molar-refractivity contribution is -0.132. The van der Waals surface area contributed by atoms with E-state index in [0.717, 1.165) is 5.56 Å². The van der Waals surface area contributed by atoms with Crippen LogP contribution < -0.4 is 19.1 Å². The van der Waals surface area contributed by atoms with Crippen molar-refractivity contribution in [1.82, 2.24) is 0 Å². The molecule has 192 valence electrons. The number of hydrogen-bond donors (Lipinski definition) is 1. The van der Waals surface area contributed by atoms with E-state index in [0.29, 0.717) is 53.9 Å². The normalized spacial score (nSPS) is 16.6. The number of aliphatic hydroxyl groups is 1. The Balaban J connectivity index is 1.91. The Morgan fingerprint density at radius 3 is 2.14 bits per heavy atom. The molecule has 0 aromatic heterocycles. The predicted octanol–water partition coefficient (Wildman–Crippen LogP) is 5.82. The first-order valence-electron chi connectivity index (χ1n) is 12.4. The number of aliphatic hydroxyl groups excluding tert-OH is 1. The maximum absolute atomic E-state index is 13.5. The highest BCUT2D eigenvalue weighted by molar-refractivity contribution is 6.51. The minimum absolute atomic E-state index is 0.00500. The summed E-state index contributed by atoms with van der Waals surface area (Å²) in [6.45, 7) is 8.85. The predicted molar refractivity (Wildman–Crippen MR) is 142 cm³/mol. The molecule has 1 fully saturated rings. The standard InChI is InChI=1S/C30H31NO6/c1-5-35-22-13-11-21(12-14-22)31-27(20-10-8-9-19(4)17-20)26(29(33)30(31)34)28(32)24-16-15-23(36-6-2)18-25(24)37-7-3/h8-18,27,32H,5-7H2,1-4H3/b28-26-. The number of hydrogen-bond acceptors (Lipinski definition) is 6. The van der Waals surface area contributed by atoms with Crippen LogP contribution in [0.15, 0.2) is 72.3 Å². The second-order valence-corrected chi connectivity index (χ2v) is 8.53. The molecule has 0 radical (unpaired) electrons. The maximum atomic E-state index is 13.5. The van der Waals surface area contributed by atoms with Crippen LogP contribution in [0.25, 0.3) is 5.76 Å². The molecule has 3 aromatic rings. The van der Waals surface area contributed by atoms with Gasteiger partial charge in [0, 0.05) is 11.8 Å². The first-order valence-corrected chi connectivity index (χ1v) is 12.4. The average molecular weight is 502 g/mol. The van der Waals surface area contributed by atoms with Crippen LogP contribution in [-0.2, 0) is 9.59 Å². The van der Waals surface area contributed by atoms with Gasteiger partial charge in [-0.25, -0.2) is 0 Å². The van der Waals surface area contributed by atoms with Gasteiger partial charge in [0.1, 0.15) is 23.0 Å². The molecule has 37 heavy (non-hydrogen) atoms. The molecule has 1 aliphatic rings. The van der Waals surface area contributed by atoms with Gasteiger partial charge in [-0.15, -0.1) is 0 Å². The second-order valence-electron chi connectivity index (χ2n) is 8.53. The van der Waals surface area contributed by atoms with Crippen molar-refractivity contribution in [2.75, 3.05) is 24.7 Å². The number of carbonyl (C=O) groups excluding carboxylic acids is 2. The SMILES string of the molecule is CCOc1ccc(N2C(=O)C(=O)/C(=C(\O)c3ccc(OCC)cc3OCC)C2c2cccc(C)c2)cc1. The van der Waals surface area contributed by atoms with Crippen LogP contribution in [0.4, 0.5) is 5.69 Å². The van der Waals surface area contributed by atoms with E-state index in [-0.39, 0.29) is 11.3 Å². The molecular formula is C30H31NO6. The van der Waals surface area contributed by atoms with Gasteiger partial charge >= 0.3 is 0 Å². The van der Waals surface area contributed by atoms with E-state index in [2.05, 4.69) is 0 Å². The van der Waals surface area contributed by atoms with E-state index in [1.807, 2.05) is 52.0 Å². The summed E-state index contributed by atoms with van der Waals surface area (Å²) >= 11 is 0. The summed E-state index contributed by atoms with van der Waals surface area (Å²) in [5.41, 5.74) is 2.50. The lowest BCUT2D eigenvalue weighted by Gasteiger charge is -2.26. The third-order valence-corrected chi connectivity index (χ3v) is 6.05. The summed E-state index contributed by atoms with van der Waals surface area (Å²) in [5.74, 6) is -0.195. The number of nitrogens with zero attached hydrogens (tertiary/aromatic N) is 1. The fourth-order valence-electron chi connectivity index (χ4n) is 4.50. The number of benzene rings is 3. The van der Waals surface area contributed by atoms with Crippen molar-refractivity contribution in [2.24, 2.45) is 0 Å². The average Bonchev–Trinajstić information content (AvgIpc) is 3.15. The lowest BCUT2D eigenvalue weighted by atomic mass is 9.94. The van der Waals surface area contributed by atoms with Crippen molar-refractivity contribution >= 4 is 23.1 Å². The van der Waals surface area contributed by atoms with E-state index in [9.17, 15) is 14.7 Å². The molecule has 1 amide bonds. The van der Waals surface area contributed by atoms with E-state index in [4.69, 9.17) is 14.2 Å². The second kappa shape index (κ2) is 11.2. The van der Waals surface area contributed by atoms with Crippen molar-refractivity contribution in [1.29, 1.82) is 0 Å². The van der Waals surface area contributed by atoms with Crippen LogP contribution in [0.5, 0.6) is 17.2 Å². The third kappa shape index (κ3) is 5.16. The summed E-state index contributed by atoms with van der Waals surface area (Å²) in [4.78, 5) is 28.3. The molecule has 1 aliphatic heterocycles. The zero-order valence-corrected chi connectivity index (χ0v) is 21.5. The number of aryl methyl sites for hydroxylation is 1. The minimum Gasteiger partial charge on any atom is -0.507 e. The van der Waals surface area contributed by atoms with Gasteiger partial charge in [-0.2, -0.15) is 0 Å². The first kappa shape index (κ1) is 25.8. The van der Waals surface area contributed by atoms with Gasteiger partial charge in [0.2, 0.25) is 0 Å². The summed E-state index contributed by atoms with van der Waals surface area (Å²) < 4.78 is 16.9. The van der Waals surface area contributed by atoms with Crippen LogP contribution >= 0.6 is 0 Å². The Bertz CT molecular complexity index is 1330. The fourth-order valence-corrected chi connectivity index (χ4v) is 4.50. The highest BCUT2D eigenvalue weighted by atomic mass is 16.5. The number of ether oxygens (including phenoxy) is 3. The molecule has 0 spiro atoms. The lowest BCUT2D eigenvalue weighted by Crippen LogP contribution is -2.29. The maximum Gasteiger partial charge on any atom is 0.300 e. The van der Waals surface area contributed by atoms with Crippen LogP contribution in [0.3, 0.4) is 0 Å². The van der Waals surface area contributed by atoms with Gasteiger partial charge in [0.15, 0.2) is 0 Å². The summed E-state index contributed by atoms with van der Waals surface area (Å²) in [7, 11) is 0. The van der Waals surface area contributed by atoms with Crippen molar-refractivity contribution in [3.8, 4) is 17.2 Å². The van der Waals surface area contributed by atoms with Crippen LogP contribution in [0, 0.1) is 6.92 Å². The smallest absolute Gasteiger partial charge is 0.300 e.